The molecule has 0 heterocycles. The monoisotopic (exact) mass is 248 g/mol. The van der Waals surface area contributed by atoms with Crippen LogP contribution in [0.3, 0.4) is 0 Å². The Morgan fingerprint density at radius 3 is 2.05 bits per heavy atom. The summed E-state index contributed by atoms with van der Waals surface area (Å²) in [5.74, 6) is 2.42. The summed E-state index contributed by atoms with van der Waals surface area (Å²) < 4.78 is 0. The van der Waals surface area contributed by atoms with Gasteiger partial charge in [-0.3, -0.25) is 4.79 Å². The van der Waals surface area contributed by atoms with Crippen LogP contribution in [0, 0.1) is 18.3 Å². The van der Waals surface area contributed by atoms with Crippen LogP contribution in [-0.2, 0) is 0 Å². The molecule has 0 saturated carbocycles. The van der Waals surface area contributed by atoms with Crippen LogP contribution < -0.4 is 0 Å². The highest BCUT2D eigenvalue weighted by Gasteiger charge is 2.24. The van der Waals surface area contributed by atoms with Gasteiger partial charge in [-0.1, -0.05) is 73.5 Å². The molecule has 0 aliphatic heterocycles. The molecular weight excluding hydrogens is 232 g/mol. The number of hydrogen-bond acceptors (Lipinski definition) is 1. The number of rotatable bonds is 4. The van der Waals surface area contributed by atoms with E-state index in [1.165, 1.54) is 0 Å². The fraction of sp³-hybridized carbons (Fsp3) is 0.167. The number of carbonyl (C=O) groups is 1. The van der Waals surface area contributed by atoms with Crippen molar-refractivity contribution in [3.63, 3.8) is 0 Å². The zero-order chi connectivity index (χ0) is 13.7. The molecule has 0 aliphatic carbocycles. The molecule has 0 bridgehead atoms. The van der Waals surface area contributed by atoms with E-state index >= 15 is 0 Å². The smallest absolute Gasteiger partial charge is 0.167 e. The second-order valence-electron chi connectivity index (χ2n) is 4.57. The highest BCUT2D eigenvalue weighted by molar-refractivity contribution is 5.98. The molecule has 2 atom stereocenters. The summed E-state index contributed by atoms with van der Waals surface area (Å²) >= 11 is 0. The molecule has 0 aromatic heterocycles. The molecule has 0 saturated heterocycles. The summed E-state index contributed by atoms with van der Waals surface area (Å²) in [6.07, 6.45) is 5.62. The van der Waals surface area contributed by atoms with Crippen LogP contribution in [0.1, 0.15) is 28.8 Å². The predicted octanol–water partition coefficient (Wildman–Crippen LogP) is 3.92. The first-order chi connectivity index (χ1) is 9.24. The fourth-order valence-corrected chi connectivity index (χ4v) is 2.21. The van der Waals surface area contributed by atoms with Gasteiger partial charge >= 0.3 is 0 Å². The summed E-state index contributed by atoms with van der Waals surface area (Å²) in [5.41, 5.74) is 1.73. The first-order valence-electron chi connectivity index (χ1n) is 6.34. The summed E-state index contributed by atoms with van der Waals surface area (Å²) in [5, 5.41) is 0. The molecule has 0 radical (unpaired) electrons. The molecule has 0 fully saturated rings. The van der Waals surface area contributed by atoms with Crippen LogP contribution in [0.5, 0.6) is 0 Å². The van der Waals surface area contributed by atoms with Gasteiger partial charge in [0.05, 0.1) is 5.92 Å². The van der Waals surface area contributed by atoms with Crippen molar-refractivity contribution < 1.29 is 4.79 Å². The maximum atomic E-state index is 12.4. The van der Waals surface area contributed by atoms with E-state index in [-0.39, 0.29) is 17.6 Å². The zero-order valence-corrected chi connectivity index (χ0v) is 10.9. The van der Waals surface area contributed by atoms with Crippen molar-refractivity contribution in [2.45, 2.75) is 12.8 Å². The molecule has 1 nitrogen and oxygen atoms in total. The topological polar surface area (TPSA) is 17.1 Å². The van der Waals surface area contributed by atoms with Crippen LogP contribution >= 0.6 is 0 Å². The lowest BCUT2D eigenvalue weighted by atomic mass is 9.83. The maximum absolute atomic E-state index is 12.4. The van der Waals surface area contributed by atoms with Crippen molar-refractivity contribution in [1.29, 1.82) is 0 Å². The lowest BCUT2D eigenvalue weighted by Gasteiger charge is -2.18. The molecule has 0 aliphatic rings. The zero-order valence-electron chi connectivity index (χ0n) is 10.9. The Kier molecular flexibility index (Phi) is 4.15. The Morgan fingerprint density at radius 2 is 1.53 bits per heavy atom. The van der Waals surface area contributed by atoms with E-state index in [0.717, 1.165) is 5.56 Å². The molecular formula is C18H16O. The van der Waals surface area contributed by atoms with Crippen molar-refractivity contribution in [3.8, 4) is 12.3 Å². The minimum absolute atomic E-state index is 0.0902. The lowest BCUT2D eigenvalue weighted by molar-refractivity contribution is 0.0922. The van der Waals surface area contributed by atoms with Gasteiger partial charge in [-0.2, -0.15) is 0 Å². The van der Waals surface area contributed by atoms with E-state index in [2.05, 4.69) is 5.92 Å². The van der Waals surface area contributed by atoms with Crippen LogP contribution in [0.25, 0.3) is 0 Å². The average molecular weight is 248 g/mol. The Labute approximate surface area is 114 Å². The van der Waals surface area contributed by atoms with Gasteiger partial charge in [-0.05, 0) is 5.56 Å². The highest BCUT2D eigenvalue weighted by atomic mass is 16.1. The number of benzene rings is 2. The first kappa shape index (κ1) is 13.1. The molecule has 19 heavy (non-hydrogen) atoms. The third-order valence-corrected chi connectivity index (χ3v) is 3.31. The Morgan fingerprint density at radius 1 is 1.00 bits per heavy atom. The van der Waals surface area contributed by atoms with Crippen LogP contribution in [0.4, 0.5) is 0 Å². The summed E-state index contributed by atoms with van der Waals surface area (Å²) in [4.78, 5) is 12.4. The maximum Gasteiger partial charge on any atom is 0.167 e. The van der Waals surface area contributed by atoms with Gasteiger partial charge in [-0.25, -0.2) is 0 Å². The second-order valence-corrected chi connectivity index (χ2v) is 4.57. The number of terminal acetylenes is 1. The molecule has 94 valence electrons. The lowest BCUT2D eigenvalue weighted by Crippen LogP contribution is -2.18. The Bertz CT molecular complexity index is 578. The van der Waals surface area contributed by atoms with Crippen LogP contribution in [-0.4, -0.2) is 5.78 Å². The molecule has 0 spiro atoms. The second kappa shape index (κ2) is 6.02. The molecule has 0 N–H and O–H groups in total. The minimum atomic E-state index is -0.227. The fourth-order valence-electron chi connectivity index (χ4n) is 2.21. The van der Waals surface area contributed by atoms with E-state index in [1.54, 1.807) is 0 Å². The number of Topliss-reactive ketones (excluding diaryl/α,β-unsaturated/α-hetero) is 1. The van der Waals surface area contributed by atoms with Crippen molar-refractivity contribution >= 4 is 5.78 Å². The first-order valence-corrected chi connectivity index (χ1v) is 6.34. The van der Waals surface area contributed by atoms with Gasteiger partial charge in [0.2, 0.25) is 0 Å². The van der Waals surface area contributed by atoms with Gasteiger partial charge < -0.3 is 0 Å². The van der Waals surface area contributed by atoms with E-state index in [4.69, 9.17) is 6.42 Å². The molecule has 0 unspecified atom stereocenters. The van der Waals surface area contributed by atoms with Crippen molar-refractivity contribution in [3.05, 3.63) is 71.8 Å². The van der Waals surface area contributed by atoms with Gasteiger partial charge in [-0.15, -0.1) is 6.42 Å². The molecule has 2 aromatic carbocycles. The van der Waals surface area contributed by atoms with Crippen LogP contribution in [0.15, 0.2) is 60.7 Å². The molecule has 0 amide bonds. The van der Waals surface area contributed by atoms with Crippen molar-refractivity contribution in [2.75, 3.05) is 0 Å². The summed E-state index contributed by atoms with van der Waals surface area (Å²) in [6, 6.07) is 19.1. The quantitative estimate of drug-likeness (QED) is 0.592. The van der Waals surface area contributed by atoms with E-state index < -0.39 is 0 Å². The number of hydrogen-bond donors (Lipinski definition) is 0. The summed E-state index contributed by atoms with van der Waals surface area (Å²) in [7, 11) is 0. The number of carbonyl (C=O) groups excluding carboxylic acids is 1. The van der Waals surface area contributed by atoms with Crippen LogP contribution in [0.2, 0.25) is 0 Å². The summed E-state index contributed by atoms with van der Waals surface area (Å²) in [6.45, 7) is 1.90. The largest absolute Gasteiger partial charge is 0.294 e. The average Bonchev–Trinajstić information content (AvgIpc) is 2.49. The minimum Gasteiger partial charge on any atom is -0.294 e. The SMILES string of the molecule is C#C[C@H](c1ccccc1)[C@H](C)C(=O)c1ccccc1. The van der Waals surface area contributed by atoms with E-state index in [0.29, 0.717) is 5.56 Å². The highest BCUT2D eigenvalue weighted by Crippen LogP contribution is 2.26. The van der Waals surface area contributed by atoms with E-state index in [1.807, 2.05) is 67.6 Å². The Hall–Kier alpha value is -2.33. The van der Waals surface area contributed by atoms with Gasteiger partial charge in [0, 0.05) is 11.5 Å². The van der Waals surface area contributed by atoms with E-state index in [9.17, 15) is 4.79 Å². The predicted molar refractivity (Wildman–Crippen MR) is 78.0 cm³/mol. The third kappa shape index (κ3) is 2.92. The third-order valence-electron chi connectivity index (χ3n) is 3.31. The normalized spacial score (nSPS) is 13.3. The van der Waals surface area contributed by atoms with Gasteiger partial charge in [0.15, 0.2) is 5.78 Å². The van der Waals surface area contributed by atoms with Gasteiger partial charge in [0.25, 0.3) is 0 Å². The van der Waals surface area contributed by atoms with Crippen molar-refractivity contribution in [1.82, 2.24) is 0 Å². The standard InChI is InChI=1S/C18H16O/c1-3-17(15-10-6-4-7-11-15)14(2)18(19)16-12-8-5-9-13-16/h1,4-14,17H,2H3/t14-,17-/m0/s1. The number of ketones is 1. The van der Waals surface area contributed by atoms with Crippen molar-refractivity contribution in [2.24, 2.45) is 5.92 Å². The molecule has 2 rings (SSSR count). The Balaban J connectivity index is 2.26. The molecule has 1 heteroatoms. The van der Waals surface area contributed by atoms with Gasteiger partial charge in [0.1, 0.15) is 0 Å². The molecule has 2 aromatic rings.